The van der Waals surface area contributed by atoms with Crippen LogP contribution in [0.25, 0.3) is 0 Å². The molecule has 1 atom stereocenters. The molecule has 1 aromatic rings. The third-order valence-corrected chi connectivity index (χ3v) is 4.51. The second kappa shape index (κ2) is 5.03. The molecule has 0 radical (unpaired) electrons. The van der Waals surface area contributed by atoms with Gasteiger partial charge in [0.2, 0.25) is 21.8 Å². The first-order chi connectivity index (χ1) is 9.36. The fraction of sp³-hybridized carbons (Fsp3) is 0.250. The van der Waals surface area contributed by atoms with E-state index in [0.717, 1.165) is 4.90 Å². The van der Waals surface area contributed by atoms with Crippen molar-refractivity contribution < 1.29 is 18.0 Å². The van der Waals surface area contributed by atoms with E-state index in [2.05, 4.69) is 4.72 Å². The lowest BCUT2D eigenvalue weighted by atomic mass is 10.2. The minimum atomic E-state index is -4.04. The Kier molecular flexibility index (Phi) is 3.57. The normalized spacial score (nSPS) is 19.2. The van der Waals surface area contributed by atoms with Gasteiger partial charge in [-0.2, -0.15) is 9.98 Å². The van der Waals surface area contributed by atoms with Crippen molar-refractivity contribution in [2.24, 2.45) is 0 Å². The molecule has 1 fully saturated rings. The minimum Gasteiger partial charge on any atom is -0.284 e. The second-order valence-corrected chi connectivity index (χ2v) is 5.96. The predicted molar refractivity (Wildman–Crippen MR) is 67.7 cm³/mol. The number of amides is 2. The van der Waals surface area contributed by atoms with Crippen LogP contribution < -0.4 is 4.72 Å². The molecule has 0 bridgehead atoms. The number of likely N-dealkylation sites (tertiary alicyclic amines) is 1. The molecule has 7 nitrogen and oxygen atoms in total. The quantitative estimate of drug-likeness (QED) is 0.763. The molecular formula is C12H11N3O4S. The number of imide groups is 1. The molecule has 0 saturated carbocycles. The van der Waals surface area contributed by atoms with Crippen molar-refractivity contribution in [2.75, 3.05) is 7.05 Å². The zero-order chi connectivity index (χ0) is 14.9. The Bertz CT molecular complexity index is 720. The molecule has 0 aromatic heterocycles. The molecule has 1 aliphatic heterocycles. The Labute approximate surface area is 115 Å². The van der Waals surface area contributed by atoms with Crippen molar-refractivity contribution in [3.8, 4) is 6.07 Å². The van der Waals surface area contributed by atoms with Gasteiger partial charge in [-0.25, -0.2) is 8.42 Å². The van der Waals surface area contributed by atoms with Crippen molar-refractivity contribution in [3.63, 3.8) is 0 Å². The third-order valence-electron chi connectivity index (χ3n) is 2.98. The minimum absolute atomic E-state index is 0.0230. The topological polar surface area (TPSA) is 107 Å². The molecule has 20 heavy (non-hydrogen) atoms. The third kappa shape index (κ3) is 2.41. The van der Waals surface area contributed by atoms with Crippen LogP contribution >= 0.6 is 0 Å². The Hall–Kier alpha value is -2.24. The summed E-state index contributed by atoms with van der Waals surface area (Å²) in [5.41, 5.74) is -0.0230. The van der Waals surface area contributed by atoms with Gasteiger partial charge in [0.05, 0.1) is 16.9 Å². The predicted octanol–water partition coefficient (Wildman–Crippen LogP) is -0.406. The fourth-order valence-corrected chi connectivity index (χ4v) is 3.24. The lowest BCUT2D eigenvalue weighted by Gasteiger charge is -2.12. The van der Waals surface area contributed by atoms with Crippen LogP contribution in [-0.4, -0.2) is 38.2 Å². The van der Waals surface area contributed by atoms with Crippen LogP contribution in [0.5, 0.6) is 0 Å². The number of benzene rings is 1. The van der Waals surface area contributed by atoms with E-state index >= 15 is 0 Å². The molecule has 1 heterocycles. The van der Waals surface area contributed by atoms with E-state index in [-0.39, 0.29) is 16.9 Å². The van der Waals surface area contributed by atoms with Crippen LogP contribution in [0.4, 0.5) is 0 Å². The first-order valence-electron chi connectivity index (χ1n) is 5.68. The first kappa shape index (κ1) is 14.2. The molecule has 2 rings (SSSR count). The number of nitrogens with zero attached hydrogens (tertiary/aromatic N) is 2. The van der Waals surface area contributed by atoms with Gasteiger partial charge in [-0.3, -0.25) is 14.5 Å². The van der Waals surface area contributed by atoms with Gasteiger partial charge in [0.25, 0.3) is 0 Å². The number of hydrogen-bond acceptors (Lipinski definition) is 5. The summed E-state index contributed by atoms with van der Waals surface area (Å²) in [5.74, 6) is -1.05. The standard InChI is InChI=1S/C12H11N3O4S/c1-15-11(16)6-9(12(15)17)14-20(18,19)10-5-3-2-4-8(10)7-13/h2-5,9,14H,6H2,1H3. The van der Waals surface area contributed by atoms with Crippen LogP contribution in [0.15, 0.2) is 29.2 Å². The molecule has 1 saturated heterocycles. The van der Waals surface area contributed by atoms with Crippen LogP contribution in [0.3, 0.4) is 0 Å². The van der Waals surface area contributed by atoms with E-state index in [1.165, 1.54) is 31.3 Å². The van der Waals surface area contributed by atoms with Gasteiger partial charge in [0, 0.05) is 7.05 Å². The molecule has 104 valence electrons. The van der Waals surface area contributed by atoms with Gasteiger partial charge in [0.15, 0.2) is 0 Å². The lowest BCUT2D eigenvalue weighted by molar-refractivity contribution is -0.137. The number of hydrogen-bond donors (Lipinski definition) is 1. The molecule has 1 aliphatic rings. The Morgan fingerprint density at radius 2 is 2.00 bits per heavy atom. The number of sulfonamides is 1. The molecule has 1 aromatic carbocycles. The Morgan fingerprint density at radius 1 is 1.35 bits per heavy atom. The summed E-state index contributed by atoms with van der Waals surface area (Å²) < 4.78 is 26.5. The van der Waals surface area contributed by atoms with Crippen molar-refractivity contribution in [2.45, 2.75) is 17.4 Å². The van der Waals surface area contributed by atoms with Crippen LogP contribution in [0, 0.1) is 11.3 Å². The van der Waals surface area contributed by atoms with Crippen LogP contribution in [0.1, 0.15) is 12.0 Å². The van der Waals surface area contributed by atoms with Crippen molar-refractivity contribution in [1.29, 1.82) is 5.26 Å². The zero-order valence-corrected chi connectivity index (χ0v) is 11.3. The number of carbonyl (C=O) groups excluding carboxylic acids is 2. The van der Waals surface area contributed by atoms with Gasteiger partial charge in [-0.05, 0) is 12.1 Å². The number of carbonyl (C=O) groups is 2. The summed E-state index contributed by atoms with van der Waals surface area (Å²) in [7, 11) is -2.74. The summed E-state index contributed by atoms with van der Waals surface area (Å²) in [5, 5.41) is 8.91. The Balaban J connectivity index is 2.32. The summed E-state index contributed by atoms with van der Waals surface area (Å²) in [6.45, 7) is 0. The van der Waals surface area contributed by atoms with Crippen molar-refractivity contribution in [3.05, 3.63) is 29.8 Å². The van der Waals surface area contributed by atoms with E-state index in [1.807, 2.05) is 0 Å². The van der Waals surface area contributed by atoms with Gasteiger partial charge in [-0.15, -0.1) is 0 Å². The second-order valence-electron chi connectivity index (χ2n) is 4.28. The maximum absolute atomic E-state index is 12.2. The number of nitrogens with one attached hydrogen (secondary N) is 1. The van der Waals surface area contributed by atoms with E-state index in [9.17, 15) is 18.0 Å². The molecule has 2 amide bonds. The van der Waals surface area contributed by atoms with Gasteiger partial charge < -0.3 is 0 Å². The average Bonchev–Trinajstić information content (AvgIpc) is 2.66. The Morgan fingerprint density at radius 3 is 2.55 bits per heavy atom. The molecule has 1 unspecified atom stereocenters. The molecule has 0 spiro atoms. The van der Waals surface area contributed by atoms with Crippen LogP contribution in [-0.2, 0) is 19.6 Å². The van der Waals surface area contributed by atoms with E-state index in [4.69, 9.17) is 5.26 Å². The molecule has 1 N–H and O–H groups in total. The van der Waals surface area contributed by atoms with Gasteiger partial charge in [-0.1, -0.05) is 12.1 Å². The summed E-state index contributed by atoms with van der Waals surface area (Å²) in [6, 6.07) is 6.30. The molecule has 0 aliphatic carbocycles. The molecule has 8 heteroatoms. The highest BCUT2D eigenvalue weighted by Crippen LogP contribution is 2.18. The largest absolute Gasteiger partial charge is 0.284 e. The number of nitriles is 1. The monoisotopic (exact) mass is 293 g/mol. The number of rotatable bonds is 3. The van der Waals surface area contributed by atoms with Gasteiger partial charge in [0.1, 0.15) is 12.1 Å². The lowest BCUT2D eigenvalue weighted by Crippen LogP contribution is -2.40. The first-order valence-corrected chi connectivity index (χ1v) is 7.17. The van der Waals surface area contributed by atoms with Gasteiger partial charge >= 0.3 is 0 Å². The van der Waals surface area contributed by atoms with E-state index < -0.39 is 27.9 Å². The number of likely N-dealkylation sites (N-methyl/N-ethyl adjacent to an activating group) is 1. The average molecular weight is 293 g/mol. The maximum atomic E-state index is 12.2. The van der Waals surface area contributed by atoms with E-state index in [1.54, 1.807) is 6.07 Å². The maximum Gasteiger partial charge on any atom is 0.247 e. The van der Waals surface area contributed by atoms with Crippen molar-refractivity contribution >= 4 is 21.8 Å². The van der Waals surface area contributed by atoms with E-state index in [0.29, 0.717) is 0 Å². The summed E-state index contributed by atoms with van der Waals surface area (Å²) in [6.07, 6.45) is -0.219. The zero-order valence-electron chi connectivity index (χ0n) is 10.5. The fourth-order valence-electron chi connectivity index (χ4n) is 1.89. The highest BCUT2D eigenvalue weighted by atomic mass is 32.2. The highest BCUT2D eigenvalue weighted by Gasteiger charge is 2.39. The highest BCUT2D eigenvalue weighted by molar-refractivity contribution is 7.89. The van der Waals surface area contributed by atoms with Crippen LogP contribution in [0.2, 0.25) is 0 Å². The smallest absolute Gasteiger partial charge is 0.247 e. The van der Waals surface area contributed by atoms with Crippen molar-refractivity contribution in [1.82, 2.24) is 9.62 Å². The molecular weight excluding hydrogens is 282 g/mol. The SMILES string of the molecule is CN1C(=O)CC(NS(=O)(=O)c2ccccc2C#N)C1=O. The summed E-state index contributed by atoms with van der Waals surface area (Å²) >= 11 is 0. The summed E-state index contributed by atoms with van der Waals surface area (Å²) in [4.78, 5) is 23.7.